The summed E-state index contributed by atoms with van der Waals surface area (Å²) < 4.78 is 5.32. The second-order valence-electron chi connectivity index (χ2n) is 6.28. The number of para-hydroxylation sites is 1. The lowest BCUT2D eigenvalue weighted by Gasteiger charge is -2.21. The lowest BCUT2D eigenvalue weighted by molar-refractivity contribution is -0.131. The first kappa shape index (κ1) is 14.9. The zero-order valence-corrected chi connectivity index (χ0v) is 13.1. The smallest absolute Gasteiger partial charge is 0.325 e. The minimum atomic E-state index is -0.679. The molecule has 3 rings (SSSR count). The molecule has 1 heterocycles. The third-order valence-electron chi connectivity index (χ3n) is 4.72. The number of urea groups is 1. The molecule has 0 aromatic heterocycles. The van der Waals surface area contributed by atoms with Gasteiger partial charge in [-0.05, 0) is 50.2 Å². The number of ether oxygens (including phenoxy) is 1. The molecule has 2 aliphatic rings. The number of amides is 3. The van der Waals surface area contributed by atoms with E-state index in [0.717, 1.165) is 37.0 Å². The van der Waals surface area contributed by atoms with Crippen LogP contribution in [0.3, 0.4) is 0 Å². The van der Waals surface area contributed by atoms with E-state index >= 15 is 0 Å². The first-order chi connectivity index (χ1) is 10.6. The molecule has 0 bridgehead atoms. The highest BCUT2D eigenvalue weighted by atomic mass is 16.5. The fourth-order valence-electron chi connectivity index (χ4n) is 3.19. The van der Waals surface area contributed by atoms with Gasteiger partial charge in [0.25, 0.3) is 5.91 Å². The fraction of sp³-hybridized carbons (Fsp3) is 0.529. The van der Waals surface area contributed by atoms with Crippen molar-refractivity contribution in [1.82, 2.24) is 10.2 Å². The van der Waals surface area contributed by atoms with Gasteiger partial charge in [0.1, 0.15) is 11.3 Å². The third-order valence-corrected chi connectivity index (χ3v) is 4.72. The molecular weight excluding hydrogens is 280 g/mol. The second-order valence-corrected chi connectivity index (χ2v) is 6.28. The quantitative estimate of drug-likeness (QED) is 0.821. The maximum absolute atomic E-state index is 12.5. The summed E-state index contributed by atoms with van der Waals surface area (Å²) in [4.78, 5) is 25.9. The number of aryl methyl sites for hydroxylation is 1. The van der Waals surface area contributed by atoms with Gasteiger partial charge in [0, 0.05) is 6.54 Å². The van der Waals surface area contributed by atoms with Crippen molar-refractivity contribution < 1.29 is 14.3 Å². The number of carbonyl (C=O) groups is 2. The van der Waals surface area contributed by atoms with E-state index in [2.05, 4.69) is 5.32 Å². The van der Waals surface area contributed by atoms with Crippen molar-refractivity contribution in [2.75, 3.05) is 13.7 Å². The summed E-state index contributed by atoms with van der Waals surface area (Å²) in [6.07, 6.45) is 3.57. The van der Waals surface area contributed by atoms with Crippen LogP contribution in [-0.2, 0) is 11.2 Å². The highest BCUT2D eigenvalue weighted by Gasteiger charge is 2.55. The number of hydrogen-bond donors (Lipinski definition) is 1. The molecule has 1 aliphatic heterocycles. The average Bonchev–Trinajstić information content (AvgIpc) is 3.33. The van der Waals surface area contributed by atoms with E-state index in [0.29, 0.717) is 12.5 Å². The number of nitrogens with zero attached hydrogens (tertiary/aromatic N) is 1. The van der Waals surface area contributed by atoms with Gasteiger partial charge in [-0.15, -0.1) is 0 Å². The van der Waals surface area contributed by atoms with E-state index in [1.165, 1.54) is 4.90 Å². The molecule has 0 spiro atoms. The average molecular weight is 302 g/mol. The normalized spacial score (nSPS) is 24.5. The number of nitrogens with one attached hydrogen (secondary N) is 1. The maximum Gasteiger partial charge on any atom is 0.325 e. The minimum absolute atomic E-state index is 0.0694. The topological polar surface area (TPSA) is 58.6 Å². The van der Waals surface area contributed by atoms with Gasteiger partial charge in [-0.2, -0.15) is 0 Å². The highest BCUT2D eigenvalue weighted by molar-refractivity contribution is 6.07. The maximum atomic E-state index is 12.5. The van der Waals surface area contributed by atoms with Gasteiger partial charge in [-0.1, -0.05) is 18.2 Å². The van der Waals surface area contributed by atoms with E-state index in [9.17, 15) is 9.59 Å². The van der Waals surface area contributed by atoms with Crippen molar-refractivity contribution in [1.29, 1.82) is 0 Å². The largest absolute Gasteiger partial charge is 0.496 e. The summed E-state index contributed by atoms with van der Waals surface area (Å²) in [7, 11) is 1.65. The molecule has 22 heavy (non-hydrogen) atoms. The summed E-state index contributed by atoms with van der Waals surface area (Å²) in [6.45, 7) is 2.30. The standard InChI is InChI=1S/C17H22N2O3/c1-17(13-9-10-13)15(20)19(16(21)18-17)11-5-7-12-6-3-4-8-14(12)22-2/h3-4,6,8,13H,5,7,9-11H2,1-2H3,(H,18,21)/t17-/m1/s1. The van der Waals surface area contributed by atoms with E-state index < -0.39 is 5.54 Å². The molecule has 1 saturated heterocycles. The van der Waals surface area contributed by atoms with Crippen molar-refractivity contribution in [3.05, 3.63) is 29.8 Å². The molecule has 2 fully saturated rings. The van der Waals surface area contributed by atoms with Crippen LogP contribution in [0, 0.1) is 5.92 Å². The summed E-state index contributed by atoms with van der Waals surface area (Å²) in [5.74, 6) is 1.09. The lowest BCUT2D eigenvalue weighted by Crippen LogP contribution is -2.46. The van der Waals surface area contributed by atoms with Crippen LogP contribution in [0.5, 0.6) is 5.75 Å². The Kier molecular flexibility index (Phi) is 3.81. The molecule has 1 aromatic rings. The number of benzene rings is 1. The first-order valence-corrected chi connectivity index (χ1v) is 7.82. The Morgan fingerprint density at radius 2 is 2.05 bits per heavy atom. The molecule has 0 radical (unpaired) electrons. The summed E-state index contributed by atoms with van der Waals surface area (Å²) in [5.41, 5.74) is 0.420. The first-order valence-electron chi connectivity index (χ1n) is 7.82. The van der Waals surface area contributed by atoms with E-state index in [1.807, 2.05) is 31.2 Å². The van der Waals surface area contributed by atoms with Gasteiger partial charge in [-0.25, -0.2) is 4.79 Å². The van der Waals surface area contributed by atoms with E-state index in [4.69, 9.17) is 4.74 Å². The lowest BCUT2D eigenvalue weighted by atomic mass is 9.96. The van der Waals surface area contributed by atoms with Crippen LogP contribution in [-0.4, -0.2) is 36.0 Å². The molecule has 1 atom stereocenters. The zero-order chi connectivity index (χ0) is 15.7. The Morgan fingerprint density at radius 3 is 2.73 bits per heavy atom. The molecule has 3 amide bonds. The third kappa shape index (κ3) is 2.56. The van der Waals surface area contributed by atoms with Crippen LogP contribution in [0.25, 0.3) is 0 Å². The van der Waals surface area contributed by atoms with Gasteiger partial charge in [0.05, 0.1) is 7.11 Å². The molecule has 1 N–H and O–H groups in total. The minimum Gasteiger partial charge on any atom is -0.496 e. The Labute approximate surface area is 130 Å². The Bertz CT molecular complexity index is 597. The van der Waals surface area contributed by atoms with Crippen LogP contribution in [0.2, 0.25) is 0 Å². The summed E-state index contributed by atoms with van der Waals surface area (Å²) in [6, 6.07) is 7.59. The van der Waals surface area contributed by atoms with Crippen molar-refractivity contribution >= 4 is 11.9 Å². The van der Waals surface area contributed by atoms with E-state index in [1.54, 1.807) is 7.11 Å². The molecule has 1 aromatic carbocycles. The Hall–Kier alpha value is -2.04. The Morgan fingerprint density at radius 1 is 1.32 bits per heavy atom. The summed E-state index contributed by atoms with van der Waals surface area (Å²) in [5, 5.41) is 2.88. The molecule has 0 unspecified atom stereocenters. The van der Waals surface area contributed by atoms with Gasteiger partial charge in [0.2, 0.25) is 0 Å². The van der Waals surface area contributed by atoms with Crippen molar-refractivity contribution in [3.8, 4) is 5.75 Å². The van der Waals surface area contributed by atoms with Crippen molar-refractivity contribution in [2.45, 2.75) is 38.1 Å². The predicted octanol–water partition coefficient (Wildman–Crippen LogP) is 2.35. The van der Waals surface area contributed by atoms with Gasteiger partial charge in [0.15, 0.2) is 0 Å². The molecule has 1 aliphatic carbocycles. The summed E-state index contributed by atoms with van der Waals surface area (Å²) >= 11 is 0. The predicted molar refractivity (Wildman–Crippen MR) is 82.7 cm³/mol. The number of carbonyl (C=O) groups excluding carboxylic acids is 2. The van der Waals surface area contributed by atoms with Gasteiger partial charge < -0.3 is 10.1 Å². The van der Waals surface area contributed by atoms with Crippen LogP contribution in [0.1, 0.15) is 31.7 Å². The molecule has 5 heteroatoms. The molecular formula is C17H22N2O3. The number of rotatable bonds is 6. The monoisotopic (exact) mass is 302 g/mol. The van der Waals surface area contributed by atoms with Crippen molar-refractivity contribution in [3.63, 3.8) is 0 Å². The van der Waals surface area contributed by atoms with Gasteiger partial charge in [-0.3, -0.25) is 9.69 Å². The van der Waals surface area contributed by atoms with Gasteiger partial charge >= 0.3 is 6.03 Å². The Balaban J connectivity index is 1.60. The highest BCUT2D eigenvalue weighted by Crippen LogP contribution is 2.42. The number of methoxy groups -OCH3 is 1. The number of hydrogen-bond acceptors (Lipinski definition) is 3. The van der Waals surface area contributed by atoms with Crippen LogP contribution < -0.4 is 10.1 Å². The van der Waals surface area contributed by atoms with Crippen LogP contribution in [0.15, 0.2) is 24.3 Å². The van der Waals surface area contributed by atoms with Crippen LogP contribution >= 0.6 is 0 Å². The second kappa shape index (κ2) is 5.63. The number of imide groups is 1. The van der Waals surface area contributed by atoms with Crippen molar-refractivity contribution in [2.24, 2.45) is 5.92 Å². The molecule has 118 valence electrons. The zero-order valence-electron chi connectivity index (χ0n) is 13.1. The fourth-order valence-corrected chi connectivity index (χ4v) is 3.19. The SMILES string of the molecule is COc1ccccc1CCCN1C(=O)N[C@](C)(C2CC2)C1=O. The van der Waals surface area contributed by atoms with Crippen LogP contribution in [0.4, 0.5) is 4.79 Å². The van der Waals surface area contributed by atoms with E-state index in [-0.39, 0.29) is 11.9 Å². The molecule has 5 nitrogen and oxygen atoms in total. The molecule has 1 saturated carbocycles.